The van der Waals surface area contributed by atoms with E-state index in [0.717, 1.165) is 30.4 Å². The second-order valence-electron chi connectivity index (χ2n) is 7.88. The van der Waals surface area contributed by atoms with Gasteiger partial charge in [0.25, 0.3) is 5.91 Å². The maximum atomic E-state index is 13.2. The van der Waals surface area contributed by atoms with Crippen LogP contribution in [0.1, 0.15) is 53.8 Å². The van der Waals surface area contributed by atoms with E-state index in [-0.39, 0.29) is 17.4 Å². The van der Waals surface area contributed by atoms with Crippen LogP contribution in [0.3, 0.4) is 0 Å². The third-order valence-electron chi connectivity index (χ3n) is 5.88. The predicted molar refractivity (Wildman–Crippen MR) is 103 cm³/mol. The number of carbonyl (C=O) groups excluding carboxylic acids is 2. The molecule has 1 aliphatic heterocycles. The van der Waals surface area contributed by atoms with Gasteiger partial charge in [0.05, 0.1) is 6.54 Å². The number of hydrogen-bond donors (Lipinski definition) is 2. The second-order valence-corrected chi connectivity index (χ2v) is 7.88. The second kappa shape index (κ2) is 7.28. The molecule has 0 aromatic heterocycles. The monoisotopic (exact) mass is 380 g/mol. The number of fused-ring (bicyclic) bond motifs is 1. The highest BCUT2D eigenvalue weighted by Gasteiger charge is 2.43. The summed E-state index contributed by atoms with van der Waals surface area (Å²) in [7, 11) is 0. The lowest BCUT2D eigenvalue weighted by molar-refractivity contribution is -0.147. The highest BCUT2D eigenvalue weighted by atomic mass is 16.5. The van der Waals surface area contributed by atoms with Crippen molar-refractivity contribution >= 4 is 11.8 Å². The number of ether oxygens (including phenoxy) is 1. The van der Waals surface area contributed by atoms with Crippen molar-refractivity contribution in [1.29, 1.82) is 0 Å². The van der Waals surface area contributed by atoms with Gasteiger partial charge in [-0.25, -0.2) is 5.48 Å². The number of amides is 2. The van der Waals surface area contributed by atoms with Crippen LogP contribution in [0.5, 0.6) is 5.75 Å². The van der Waals surface area contributed by atoms with Gasteiger partial charge in [0.15, 0.2) is 0 Å². The zero-order valence-electron chi connectivity index (χ0n) is 15.9. The van der Waals surface area contributed by atoms with E-state index in [1.54, 1.807) is 23.7 Å². The first-order valence-corrected chi connectivity index (χ1v) is 9.58. The quantitative estimate of drug-likeness (QED) is 0.631. The molecular weight excluding hydrogens is 356 g/mol. The summed E-state index contributed by atoms with van der Waals surface area (Å²) in [6, 6.07) is 14.8. The summed E-state index contributed by atoms with van der Waals surface area (Å²) < 4.78 is 6.27. The Labute approximate surface area is 164 Å². The Morgan fingerprint density at radius 1 is 1.18 bits per heavy atom. The maximum Gasteiger partial charge on any atom is 0.274 e. The van der Waals surface area contributed by atoms with Gasteiger partial charge in [-0.15, -0.1) is 0 Å². The number of nitrogens with one attached hydrogen (secondary N) is 1. The Hall–Kier alpha value is -2.86. The first kappa shape index (κ1) is 18.5. The van der Waals surface area contributed by atoms with E-state index < -0.39 is 5.91 Å². The molecule has 2 aromatic carbocycles. The van der Waals surface area contributed by atoms with E-state index in [1.807, 2.05) is 42.2 Å². The standard InChI is InChI=1S/C22H24N2O4/c1-22(10-5-11-22)21(26)24-13-17-9-8-16(20(25)23-27)12-18(17)28-19(14-24)15-6-3-2-4-7-15/h2-4,6-9,12,19,27H,5,10-11,13-14H2,1H3,(H,23,25). The van der Waals surface area contributed by atoms with Crippen molar-refractivity contribution in [2.45, 2.75) is 38.8 Å². The lowest BCUT2D eigenvalue weighted by Gasteiger charge is -2.41. The van der Waals surface area contributed by atoms with Crippen LogP contribution in [-0.4, -0.2) is 28.5 Å². The molecule has 28 heavy (non-hydrogen) atoms. The van der Waals surface area contributed by atoms with Crippen molar-refractivity contribution in [2.75, 3.05) is 6.54 Å². The highest BCUT2D eigenvalue weighted by Crippen LogP contribution is 2.43. The molecule has 1 aliphatic carbocycles. The summed E-state index contributed by atoms with van der Waals surface area (Å²) in [6.07, 6.45) is 2.59. The van der Waals surface area contributed by atoms with E-state index in [0.29, 0.717) is 24.4 Å². The fourth-order valence-corrected chi connectivity index (χ4v) is 3.96. The van der Waals surface area contributed by atoms with Crippen molar-refractivity contribution in [2.24, 2.45) is 5.41 Å². The van der Waals surface area contributed by atoms with Gasteiger partial charge in [-0.05, 0) is 30.5 Å². The summed E-state index contributed by atoms with van der Waals surface area (Å²) in [6.45, 7) is 2.93. The number of carbonyl (C=O) groups is 2. The van der Waals surface area contributed by atoms with Gasteiger partial charge >= 0.3 is 0 Å². The molecule has 146 valence electrons. The SMILES string of the molecule is CC1(C(=O)N2Cc3ccc(C(=O)NO)cc3OC(c3ccccc3)C2)CCC1. The molecule has 4 rings (SSSR count). The first-order valence-electron chi connectivity index (χ1n) is 9.58. The van der Waals surface area contributed by atoms with Crippen LogP contribution < -0.4 is 10.2 Å². The number of nitrogens with zero attached hydrogens (tertiary/aromatic N) is 1. The molecular formula is C22H24N2O4. The van der Waals surface area contributed by atoms with Gasteiger partial charge in [-0.3, -0.25) is 14.8 Å². The fraction of sp³-hybridized carbons (Fsp3) is 0.364. The van der Waals surface area contributed by atoms with Crippen LogP contribution in [0, 0.1) is 5.41 Å². The Morgan fingerprint density at radius 3 is 2.57 bits per heavy atom. The summed E-state index contributed by atoms with van der Waals surface area (Å²) in [5.41, 5.74) is 3.49. The van der Waals surface area contributed by atoms with Crippen LogP contribution in [0.2, 0.25) is 0 Å². The van der Waals surface area contributed by atoms with Crippen LogP contribution in [0.25, 0.3) is 0 Å². The third-order valence-corrected chi connectivity index (χ3v) is 5.88. The number of rotatable bonds is 3. The smallest absolute Gasteiger partial charge is 0.274 e. The predicted octanol–water partition coefficient (Wildman–Crippen LogP) is 3.46. The highest BCUT2D eigenvalue weighted by molar-refractivity contribution is 5.94. The fourth-order valence-electron chi connectivity index (χ4n) is 3.96. The molecule has 2 aliphatic rings. The van der Waals surface area contributed by atoms with Crippen molar-refractivity contribution in [3.8, 4) is 5.75 Å². The first-order chi connectivity index (χ1) is 13.5. The summed E-state index contributed by atoms with van der Waals surface area (Å²) in [5.74, 6) is 0.124. The summed E-state index contributed by atoms with van der Waals surface area (Å²) in [4.78, 5) is 26.9. The van der Waals surface area contributed by atoms with Crippen LogP contribution in [0.15, 0.2) is 48.5 Å². The largest absolute Gasteiger partial charge is 0.483 e. The topological polar surface area (TPSA) is 78.9 Å². The molecule has 0 spiro atoms. The molecule has 6 nitrogen and oxygen atoms in total. The molecule has 1 saturated carbocycles. The molecule has 0 radical (unpaired) electrons. The van der Waals surface area contributed by atoms with Gasteiger partial charge in [0.1, 0.15) is 11.9 Å². The van der Waals surface area contributed by atoms with Gasteiger partial charge in [0.2, 0.25) is 5.91 Å². The molecule has 2 amide bonds. The van der Waals surface area contributed by atoms with Crippen molar-refractivity contribution < 1.29 is 19.5 Å². The van der Waals surface area contributed by atoms with Crippen molar-refractivity contribution in [1.82, 2.24) is 10.4 Å². The lowest BCUT2D eigenvalue weighted by atomic mass is 9.69. The lowest BCUT2D eigenvalue weighted by Crippen LogP contribution is -2.46. The number of hydrogen-bond acceptors (Lipinski definition) is 4. The molecule has 1 fully saturated rings. The summed E-state index contributed by atoms with van der Waals surface area (Å²) in [5, 5.41) is 8.92. The Kier molecular flexibility index (Phi) is 4.81. The molecule has 1 atom stereocenters. The number of hydroxylamine groups is 1. The normalized spacial score (nSPS) is 20.2. The zero-order chi connectivity index (χ0) is 19.7. The van der Waals surface area contributed by atoms with Crippen molar-refractivity contribution in [3.63, 3.8) is 0 Å². The van der Waals surface area contributed by atoms with Gasteiger partial charge in [-0.1, -0.05) is 49.7 Å². The average Bonchev–Trinajstić information content (AvgIpc) is 2.90. The van der Waals surface area contributed by atoms with Gasteiger partial charge in [0, 0.05) is 23.1 Å². The molecule has 0 bridgehead atoms. The minimum absolute atomic E-state index is 0.160. The summed E-state index contributed by atoms with van der Waals surface area (Å²) >= 11 is 0. The zero-order valence-corrected chi connectivity index (χ0v) is 15.9. The third kappa shape index (κ3) is 3.36. The molecule has 1 heterocycles. The molecule has 2 aromatic rings. The Balaban J connectivity index is 1.71. The van der Waals surface area contributed by atoms with E-state index in [2.05, 4.69) is 0 Å². The van der Waals surface area contributed by atoms with Crippen molar-refractivity contribution in [3.05, 3.63) is 65.2 Å². The Bertz CT molecular complexity index is 893. The van der Waals surface area contributed by atoms with E-state index in [1.165, 1.54) is 0 Å². The minimum Gasteiger partial charge on any atom is -0.483 e. The van der Waals surface area contributed by atoms with Gasteiger partial charge in [-0.2, -0.15) is 0 Å². The maximum absolute atomic E-state index is 13.2. The van der Waals surface area contributed by atoms with Crippen LogP contribution in [0.4, 0.5) is 0 Å². The molecule has 1 unspecified atom stereocenters. The molecule has 6 heteroatoms. The number of benzene rings is 2. The van der Waals surface area contributed by atoms with Crippen LogP contribution >= 0.6 is 0 Å². The molecule has 2 N–H and O–H groups in total. The van der Waals surface area contributed by atoms with E-state index in [9.17, 15) is 9.59 Å². The Morgan fingerprint density at radius 2 is 1.93 bits per heavy atom. The van der Waals surface area contributed by atoms with Crippen LogP contribution in [-0.2, 0) is 11.3 Å². The van der Waals surface area contributed by atoms with Gasteiger partial charge < -0.3 is 9.64 Å². The minimum atomic E-state index is -0.596. The molecule has 0 saturated heterocycles. The average molecular weight is 380 g/mol. The van der Waals surface area contributed by atoms with E-state index >= 15 is 0 Å². The van der Waals surface area contributed by atoms with E-state index in [4.69, 9.17) is 9.94 Å².